The second kappa shape index (κ2) is 6.66. The lowest BCUT2D eigenvalue weighted by molar-refractivity contribution is -0.137. The fourth-order valence-corrected chi connectivity index (χ4v) is 5.25. The summed E-state index contributed by atoms with van der Waals surface area (Å²) in [5.74, 6) is 0.626. The number of hydrogen-bond donors (Lipinski definition) is 2. The Balaban J connectivity index is 1.43. The smallest absolute Gasteiger partial charge is 0.416 e. The summed E-state index contributed by atoms with van der Waals surface area (Å²) in [5, 5.41) is 7.06. The fourth-order valence-electron chi connectivity index (χ4n) is 3.93. The highest BCUT2D eigenvalue weighted by Gasteiger charge is 2.34. The molecule has 5 rings (SSSR count). The average molecular weight is 418 g/mol. The van der Waals surface area contributed by atoms with Crippen molar-refractivity contribution in [1.82, 2.24) is 5.32 Å². The molecule has 1 aliphatic carbocycles. The van der Waals surface area contributed by atoms with Gasteiger partial charge >= 0.3 is 6.18 Å². The lowest BCUT2D eigenvalue weighted by Gasteiger charge is -2.25. The zero-order valence-electron chi connectivity index (χ0n) is 15.2. The van der Waals surface area contributed by atoms with E-state index in [9.17, 15) is 18.0 Å². The molecule has 1 atom stereocenters. The number of alkyl halides is 3. The first-order valence-corrected chi connectivity index (χ1v) is 10.2. The van der Waals surface area contributed by atoms with Gasteiger partial charge in [0, 0.05) is 10.4 Å². The molecule has 3 heterocycles. The minimum absolute atomic E-state index is 0.139. The van der Waals surface area contributed by atoms with Gasteiger partial charge in [0.15, 0.2) is 6.17 Å². The van der Waals surface area contributed by atoms with Crippen molar-refractivity contribution in [3.63, 3.8) is 0 Å². The Morgan fingerprint density at radius 3 is 2.72 bits per heavy atom. The molecule has 0 saturated carbocycles. The first-order valence-electron chi connectivity index (χ1n) is 9.39. The number of nitrogens with one attached hydrogen (secondary N) is 2. The molecule has 0 spiro atoms. The zero-order chi connectivity index (χ0) is 20.2. The minimum atomic E-state index is -4.42. The molecule has 150 valence electrons. The van der Waals surface area contributed by atoms with E-state index >= 15 is 0 Å². The van der Waals surface area contributed by atoms with Gasteiger partial charge < -0.3 is 15.1 Å². The summed E-state index contributed by atoms with van der Waals surface area (Å²) in [6.45, 7) is 0. The van der Waals surface area contributed by atoms with Crippen molar-refractivity contribution in [2.45, 2.75) is 38.0 Å². The summed E-state index contributed by atoms with van der Waals surface area (Å²) in [5.41, 5.74) is 1.47. The predicted octanol–water partition coefficient (Wildman–Crippen LogP) is 5.76. The van der Waals surface area contributed by atoms with E-state index in [-0.39, 0.29) is 5.91 Å². The van der Waals surface area contributed by atoms with Crippen LogP contribution in [-0.2, 0) is 19.0 Å². The molecule has 1 aromatic carbocycles. The van der Waals surface area contributed by atoms with Crippen molar-refractivity contribution < 1.29 is 22.4 Å². The van der Waals surface area contributed by atoms with Crippen molar-refractivity contribution in [1.29, 1.82) is 0 Å². The molecule has 0 bridgehead atoms. The van der Waals surface area contributed by atoms with Gasteiger partial charge in [0.05, 0.1) is 11.1 Å². The molecule has 3 aromatic rings. The number of aryl methyl sites for hydroxylation is 1. The third-order valence-corrected chi connectivity index (χ3v) is 6.56. The molecule has 0 fully saturated rings. The topological polar surface area (TPSA) is 54.3 Å². The second-order valence-corrected chi connectivity index (χ2v) is 8.35. The Bertz CT molecular complexity index is 1100. The van der Waals surface area contributed by atoms with Gasteiger partial charge in [-0.25, -0.2) is 0 Å². The molecular formula is C21H17F3N2O2S. The van der Waals surface area contributed by atoms with Gasteiger partial charge in [-0.15, -0.1) is 11.3 Å². The standard InChI is InChI=1S/C21H17F3N2O2S/c22-21(23,24)12-5-3-4-11(10-12)14-8-9-15(28-14)18-25-19(27)17-13-6-1-2-7-16(13)29-20(17)26-18/h3-5,8-10,18,26H,1-2,6-7H2,(H,25,27). The Morgan fingerprint density at radius 2 is 1.90 bits per heavy atom. The summed E-state index contributed by atoms with van der Waals surface area (Å²) in [7, 11) is 0. The van der Waals surface area contributed by atoms with E-state index in [0.29, 0.717) is 17.1 Å². The first kappa shape index (κ1) is 18.3. The summed E-state index contributed by atoms with van der Waals surface area (Å²) < 4.78 is 44.7. The third-order valence-electron chi connectivity index (χ3n) is 5.33. The molecule has 2 aliphatic rings. The maximum Gasteiger partial charge on any atom is 0.416 e. The number of anilines is 1. The number of rotatable bonds is 2. The number of fused-ring (bicyclic) bond motifs is 3. The lowest BCUT2D eigenvalue weighted by Crippen LogP contribution is -2.38. The lowest BCUT2D eigenvalue weighted by atomic mass is 9.94. The van der Waals surface area contributed by atoms with Gasteiger partial charge in [-0.05, 0) is 55.5 Å². The number of hydrogen-bond acceptors (Lipinski definition) is 4. The molecule has 4 nitrogen and oxygen atoms in total. The van der Waals surface area contributed by atoms with E-state index in [1.807, 2.05) is 0 Å². The number of amides is 1. The Hall–Kier alpha value is -2.74. The molecule has 0 saturated heterocycles. The normalized spacial score (nSPS) is 18.6. The number of halogens is 3. The highest BCUT2D eigenvalue weighted by atomic mass is 32.1. The van der Waals surface area contributed by atoms with Gasteiger partial charge in [0.25, 0.3) is 5.91 Å². The Morgan fingerprint density at radius 1 is 1.07 bits per heavy atom. The summed E-state index contributed by atoms with van der Waals surface area (Å²) in [4.78, 5) is 14.0. The molecule has 2 aromatic heterocycles. The highest BCUT2D eigenvalue weighted by Crippen LogP contribution is 2.42. The third kappa shape index (κ3) is 3.21. The Labute approximate surface area is 168 Å². The van der Waals surface area contributed by atoms with Crippen molar-refractivity contribution in [2.24, 2.45) is 0 Å². The van der Waals surface area contributed by atoms with Crippen LogP contribution in [0, 0.1) is 0 Å². The summed E-state index contributed by atoms with van der Waals surface area (Å²) in [6, 6.07) is 8.29. The molecule has 2 N–H and O–H groups in total. The quantitative estimate of drug-likeness (QED) is 0.556. The maximum atomic E-state index is 13.0. The van der Waals surface area contributed by atoms with Crippen LogP contribution in [0.3, 0.4) is 0 Å². The van der Waals surface area contributed by atoms with Crippen LogP contribution in [0.5, 0.6) is 0 Å². The monoisotopic (exact) mass is 418 g/mol. The van der Waals surface area contributed by atoms with Gasteiger partial charge in [-0.1, -0.05) is 12.1 Å². The van der Waals surface area contributed by atoms with E-state index in [1.54, 1.807) is 29.5 Å². The maximum absolute atomic E-state index is 13.0. The number of benzene rings is 1. The van der Waals surface area contributed by atoms with E-state index in [1.165, 1.54) is 10.9 Å². The van der Waals surface area contributed by atoms with E-state index in [2.05, 4.69) is 10.6 Å². The van der Waals surface area contributed by atoms with E-state index in [0.717, 1.165) is 53.9 Å². The number of furan rings is 1. The molecular weight excluding hydrogens is 401 g/mol. The number of thiophene rings is 1. The zero-order valence-corrected chi connectivity index (χ0v) is 16.0. The fraction of sp³-hybridized carbons (Fsp3) is 0.286. The van der Waals surface area contributed by atoms with Crippen LogP contribution < -0.4 is 10.6 Å². The van der Waals surface area contributed by atoms with Crippen LogP contribution in [0.4, 0.5) is 18.2 Å². The van der Waals surface area contributed by atoms with Gasteiger partial charge in [-0.3, -0.25) is 4.79 Å². The van der Waals surface area contributed by atoms with Crippen LogP contribution in [0.1, 0.15) is 51.1 Å². The van der Waals surface area contributed by atoms with Crippen LogP contribution in [0.15, 0.2) is 40.8 Å². The van der Waals surface area contributed by atoms with Crippen molar-refractivity contribution in [3.05, 3.63) is 63.7 Å². The van der Waals surface area contributed by atoms with Gasteiger partial charge in [0.1, 0.15) is 16.5 Å². The molecule has 1 unspecified atom stereocenters. The predicted molar refractivity (Wildman–Crippen MR) is 104 cm³/mol. The molecule has 1 aliphatic heterocycles. The van der Waals surface area contributed by atoms with Crippen LogP contribution >= 0.6 is 11.3 Å². The van der Waals surface area contributed by atoms with Crippen LogP contribution in [0.25, 0.3) is 11.3 Å². The summed E-state index contributed by atoms with van der Waals surface area (Å²) in [6.07, 6.45) is -0.843. The second-order valence-electron chi connectivity index (χ2n) is 7.25. The molecule has 29 heavy (non-hydrogen) atoms. The summed E-state index contributed by atoms with van der Waals surface area (Å²) >= 11 is 1.61. The minimum Gasteiger partial charge on any atom is -0.457 e. The van der Waals surface area contributed by atoms with Gasteiger partial charge in [-0.2, -0.15) is 13.2 Å². The van der Waals surface area contributed by atoms with Crippen molar-refractivity contribution in [2.75, 3.05) is 5.32 Å². The van der Waals surface area contributed by atoms with Crippen LogP contribution in [0.2, 0.25) is 0 Å². The number of carbonyl (C=O) groups is 1. The van der Waals surface area contributed by atoms with E-state index < -0.39 is 17.9 Å². The van der Waals surface area contributed by atoms with Crippen LogP contribution in [-0.4, -0.2) is 5.91 Å². The largest absolute Gasteiger partial charge is 0.457 e. The SMILES string of the molecule is O=C1NC(c2ccc(-c3cccc(C(F)(F)F)c3)o2)Nc2sc3c(c21)CCCC3. The Kier molecular flexibility index (Phi) is 4.20. The van der Waals surface area contributed by atoms with Crippen molar-refractivity contribution >= 4 is 22.2 Å². The highest BCUT2D eigenvalue weighted by molar-refractivity contribution is 7.16. The van der Waals surface area contributed by atoms with Gasteiger partial charge in [0.2, 0.25) is 0 Å². The average Bonchev–Trinajstić information content (AvgIpc) is 3.32. The van der Waals surface area contributed by atoms with E-state index in [4.69, 9.17) is 4.42 Å². The van der Waals surface area contributed by atoms with Crippen molar-refractivity contribution in [3.8, 4) is 11.3 Å². The molecule has 8 heteroatoms. The number of carbonyl (C=O) groups excluding carboxylic acids is 1. The molecule has 0 radical (unpaired) electrons. The first-order chi connectivity index (χ1) is 13.9. The molecule has 1 amide bonds.